The van der Waals surface area contributed by atoms with Crippen LogP contribution in [0.4, 0.5) is 5.13 Å². The molecule has 4 aromatic rings. The predicted molar refractivity (Wildman–Crippen MR) is 119 cm³/mol. The van der Waals surface area contributed by atoms with Gasteiger partial charge in [-0.1, -0.05) is 35.1 Å². The summed E-state index contributed by atoms with van der Waals surface area (Å²) >= 11 is 7.43. The number of amides is 1. The van der Waals surface area contributed by atoms with E-state index in [1.165, 1.54) is 11.3 Å². The molecule has 0 unspecified atom stereocenters. The summed E-state index contributed by atoms with van der Waals surface area (Å²) in [6, 6.07) is 15.2. The Morgan fingerprint density at radius 3 is 2.77 bits per heavy atom. The number of oxazole rings is 1. The van der Waals surface area contributed by atoms with Crippen LogP contribution in [0.2, 0.25) is 5.02 Å². The summed E-state index contributed by atoms with van der Waals surface area (Å²) in [6.07, 6.45) is 2.33. The number of halogens is 1. The van der Waals surface area contributed by atoms with Gasteiger partial charge >= 0.3 is 0 Å². The number of fused-ring (bicyclic) bond motifs is 1. The molecule has 0 aliphatic heterocycles. The number of nitrogens with zero attached hydrogens (tertiary/aromatic N) is 3. The lowest BCUT2D eigenvalue weighted by Crippen LogP contribution is -2.34. The number of carbonyl (C=O) groups is 1. The maximum absolute atomic E-state index is 13.0. The molecule has 0 spiro atoms. The van der Waals surface area contributed by atoms with Crippen molar-refractivity contribution in [3.8, 4) is 11.3 Å². The summed E-state index contributed by atoms with van der Waals surface area (Å²) < 4.78 is 12.0. The number of rotatable bonds is 8. The molecule has 2 heterocycles. The number of methoxy groups -OCH3 is 1. The number of anilines is 1. The lowest BCUT2D eigenvalue weighted by Gasteiger charge is -2.19. The molecule has 154 valence electrons. The molecular formula is C22H20ClN3O3S. The van der Waals surface area contributed by atoms with Gasteiger partial charge in [0.2, 0.25) is 5.91 Å². The van der Waals surface area contributed by atoms with Crippen molar-refractivity contribution in [2.75, 3.05) is 25.2 Å². The van der Waals surface area contributed by atoms with Gasteiger partial charge in [0.15, 0.2) is 16.8 Å². The Hall–Kier alpha value is -2.74. The van der Waals surface area contributed by atoms with Crippen LogP contribution in [0, 0.1) is 0 Å². The Morgan fingerprint density at radius 1 is 1.20 bits per heavy atom. The van der Waals surface area contributed by atoms with E-state index in [2.05, 4.69) is 9.97 Å². The van der Waals surface area contributed by atoms with E-state index in [0.717, 1.165) is 15.8 Å². The Balaban J connectivity index is 1.45. The summed E-state index contributed by atoms with van der Waals surface area (Å²) in [6.45, 7) is 0.873. The number of aromatic nitrogens is 2. The average Bonchev–Trinajstić information content (AvgIpc) is 3.40. The van der Waals surface area contributed by atoms with E-state index in [9.17, 15) is 4.79 Å². The molecule has 0 atom stereocenters. The lowest BCUT2D eigenvalue weighted by molar-refractivity contribution is -0.118. The highest BCUT2D eigenvalue weighted by molar-refractivity contribution is 7.22. The number of thiazole rings is 1. The molecule has 2 aromatic carbocycles. The number of aryl methyl sites for hydroxylation is 1. The lowest BCUT2D eigenvalue weighted by atomic mass is 10.2. The standard InChI is InChI=1S/C22H20ClN3O3S/c1-28-13-12-26(22-25-17-4-2-3-5-19(17)30-22)21(27)11-10-20-24-14-18(29-20)15-6-8-16(23)9-7-15/h2-9,14H,10-13H2,1H3. The third kappa shape index (κ3) is 4.70. The van der Waals surface area contributed by atoms with Gasteiger partial charge in [0.1, 0.15) is 0 Å². The van der Waals surface area contributed by atoms with Crippen LogP contribution in [-0.2, 0) is 16.0 Å². The van der Waals surface area contributed by atoms with Crippen LogP contribution in [0.1, 0.15) is 12.3 Å². The van der Waals surface area contributed by atoms with Crippen molar-refractivity contribution in [2.45, 2.75) is 12.8 Å². The fourth-order valence-electron chi connectivity index (χ4n) is 3.01. The van der Waals surface area contributed by atoms with Gasteiger partial charge in [0, 0.05) is 30.5 Å². The topological polar surface area (TPSA) is 68.5 Å². The molecule has 8 heteroatoms. The molecular weight excluding hydrogens is 422 g/mol. The second-order valence-electron chi connectivity index (χ2n) is 6.63. The van der Waals surface area contributed by atoms with Crippen molar-refractivity contribution in [3.63, 3.8) is 0 Å². The number of para-hydroxylation sites is 1. The number of hydrogen-bond acceptors (Lipinski definition) is 6. The average molecular weight is 442 g/mol. The van der Waals surface area contributed by atoms with Gasteiger partial charge in [0.05, 0.1) is 29.6 Å². The minimum atomic E-state index is -0.0441. The number of hydrogen-bond donors (Lipinski definition) is 0. The van der Waals surface area contributed by atoms with Crippen molar-refractivity contribution < 1.29 is 13.9 Å². The van der Waals surface area contributed by atoms with Crippen LogP contribution in [0.5, 0.6) is 0 Å². The fraction of sp³-hybridized carbons (Fsp3) is 0.227. The molecule has 30 heavy (non-hydrogen) atoms. The highest BCUT2D eigenvalue weighted by atomic mass is 35.5. The van der Waals surface area contributed by atoms with Gasteiger partial charge in [-0.05, 0) is 36.4 Å². The first-order chi connectivity index (χ1) is 14.6. The molecule has 2 aromatic heterocycles. The SMILES string of the molecule is COCCN(C(=O)CCc1ncc(-c2ccc(Cl)cc2)o1)c1nc2ccccc2s1. The molecule has 0 aliphatic rings. The van der Waals surface area contributed by atoms with Crippen molar-refractivity contribution in [1.82, 2.24) is 9.97 Å². The zero-order valence-corrected chi connectivity index (χ0v) is 17.9. The van der Waals surface area contributed by atoms with E-state index < -0.39 is 0 Å². The van der Waals surface area contributed by atoms with E-state index in [1.807, 2.05) is 36.4 Å². The fourth-order valence-corrected chi connectivity index (χ4v) is 4.14. The minimum Gasteiger partial charge on any atom is -0.441 e. The molecule has 0 fully saturated rings. The van der Waals surface area contributed by atoms with Gasteiger partial charge < -0.3 is 9.15 Å². The van der Waals surface area contributed by atoms with Crippen LogP contribution in [0.3, 0.4) is 0 Å². The van der Waals surface area contributed by atoms with Crippen LogP contribution in [-0.4, -0.2) is 36.1 Å². The summed E-state index contributed by atoms with van der Waals surface area (Å²) in [4.78, 5) is 23.6. The second-order valence-corrected chi connectivity index (χ2v) is 8.07. The molecule has 0 N–H and O–H groups in total. The van der Waals surface area contributed by atoms with E-state index >= 15 is 0 Å². The van der Waals surface area contributed by atoms with Gasteiger partial charge in [0.25, 0.3) is 0 Å². The van der Waals surface area contributed by atoms with Crippen LogP contribution >= 0.6 is 22.9 Å². The number of carbonyl (C=O) groups excluding carboxylic acids is 1. The molecule has 1 amide bonds. The Labute approximate surface area is 183 Å². The number of benzene rings is 2. The van der Waals surface area contributed by atoms with Crippen LogP contribution in [0.15, 0.2) is 59.1 Å². The van der Waals surface area contributed by atoms with E-state index in [1.54, 1.807) is 30.3 Å². The molecule has 0 bridgehead atoms. The molecule has 6 nitrogen and oxygen atoms in total. The van der Waals surface area contributed by atoms with Crippen molar-refractivity contribution in [3.05, 3.63) is 65.6 Å². The zero-order valence-electron chi connectivity index (χ0n) is 16.4. The molecule has 0 aliphatic carbocycles. The van der Waals surface area contributed by atoms with Crippen LogP contribution in [0.25, 0.3) is 21.5 Å². The van der Waals surface area contributed by atoms with Crippen LogP contribution < -0.4 is 4.90 Å². The largest absolute Gasteiger partial charge is 0.441 e. The summed E-state index contributed by atoms with van der Waals surface area (Å²) in [5, 5.41) is 1.34. The summed E-state index contributed by atoms with van der Waals surface area (Å²) in [5.74, 6) is 1.12. The quantitative estimate of drug-likeness (QED) is 0.375. The summed E-state index contributed by atoms with van der Waals surface area (Å²) in [7, 11) is 1.62. The Bertz CT molecular complexity index is 1110. The zero-order chi connectivity index (χ0) is 20.9. The summed E-state index contributed by atoms with van der Waals surface area (Å²) in [5.41, 5.74) is 1.77. The van der Waals surface area contributed by atoms with Gasteiger partial charge in [-0.3, -0.25) is 9.69 Å². The highest BCUT2D eigenvalue weighted by Crippen LogP contribution is 2.29. The van der Waals surface area contributed by atoms with Crippen molar-refractivity contribution in [1.29, 1.82) is 0 Å². The number of ether oxygens (including phenoxy) is 1. The minimum absolute atomic E-state index is 0.0441. The normalized spacial score (nSPS) is 11.1. The molecule has 0 saturated heterocycles. The van der Waals surface area contributed by atoms with Gasteiger partial charge in [-0.15, -0.1) is 0 Å². The Kier molecular flexibility index (Phi) is 6.42. The molecule has 0 radical (unpaired) electrons. The maximum Gasteiger partial charge on any atom is 0.229 e. The van der Waals surface area contributed by atoms with E-state index in [-0.39, 0.29) is 12.3 Å². The smallest absolute Gasteiger partial charge is 0.229 e. The third-order valence-corrected chi connectivity index (χ3v) is 5.88. The Morgan fingerprint density at radius 2 is 2.00 bits per heavy atom. The third-order valence-electron chi connectivity index (χ3n) is 4.57. The molecule has 0 saturated carbocycles. The first-order valence-electron chi connectivity index (χ1n) is 9.49. The van der Waals surface area contributed by atoms with E-state index in [4.69, 9.17) is 20.8 Å². The van der Waals surface area contributed by atoms with Gasteiger partial charge in [-0.2, -0.15) is 0 Å². The first-order valence-corrected chi connectivity index (χ1v) is 10.7. The second kappa shape index (κ2) is 9.38. The van der Waals surface area contributed by atoms with Gasteiger partial charge in [-0.25, -0.2) is 9.97 Å². The monoisotopic (exact) mass is 441 g/mol. The highest BCUT2D eigenvalue weighted by Gasteiger charge is 2.20. The first kappa shape index (κ1) is 20.5. The maximum atomic E-state index is 13.0. The molecule has 4 rings (SSSR count). The van der Waals surface area contributed by atoms with Crippen molar-refractivity contribution >= 4 is 44.2 Å². The predicted octanol–water partition coefficient (Wildman–Crippen LogP) is 5.22. The van der Waals surface area contributed by atoms with E-state index in [0.29, 0.717) is 41.4 Å². The van der Waals surface area contributed by atoms with Crippen molar-refractivity contribution in [2.24, 2.45) is 0 Å².